The van der Waals surface area contributed by atoms with Crippen LogP contribution in [-0.2, 0) is 0 Å². The van der Waals surface area contributed by atoms with Crippen LogP contribution in [0.4, 0.5) is 5.88 Å². The molecule has 0 spiro atoms. The van der Waals surface area contributed by atoms with Gasteiger partial charge in [-0.2, -0.15) is 0 Å². The minimum Gasteiger partial charge on any atom is -0.493 e. The van der Waals surface area contributed by atoms with Crippen molar-refractivity contribution in [3.8, 4) is 28.5 Å². The number of benzene rings is 1. The summed E-state index contributed by atoms with van der Waals surface area (Å²) in [5, 5.41) is 3.88. The van der Waals surface area contributed by atoms with Crippen molar-refractivity contribution in [2.45, 2.75) is 0 Å². The zero-order valence-electron chi connectivity index (χ0n) is 10.7. The van der Waals surface area contributed by atoms with Gasteiger partial charge in [-0.3, -0.25) is 0 Å². The molecule has 6 nitrogen and oxygen atoms in total. The maximum atomic E-state index is 5.54. The van der Waals surface area contributed by atoms with Crippen LogP contribution >= 0.6 is 15.9 Å². The van der Waals surface area contributed by atoms with E-state index in [0.29, 0.717) is 28.5 Å². The lowest BCUT2D eigenvalue weighted by molar-refractivity contribution is 0.324. The van der Waals surface area contributed by atoms with Crippen molar-refractivity contribution in [1.82, 2.24) is 5.16 Å². The number of nitrogens with zero attached hydrogens (tertiary/aromatic N) is 1. The van der Waals surface area contributed by atoms with Crippen molar-refractivity contribution in [2.24, 2.45) is 0 Å². The lowest BCUT2D eigenvalue weighted by Crippen LogP contribution is -1.98. The average Bonchev–Trinajstić information content (AvgIpc) is 2.83. The first kappa shape index (κ1) is 13.5. The summed E-state index contributed by atoms with van der Waals surface area (Å²) in [4.78, 5) is 0. The number of nitrogen functional groups attached to an aromatic ring is 1. The molecule has 2 aromatic rings. The fourth-order valence-corrected chi connectivity index (χ4v) is 2.36. The Bertz CT molecular complexity index is 598. The zero-order chi connectivity index (χ0) is 14.0. The maximum Gasteiger partial charge on any atom is 0.222 e. The third-order valence-corrected chi connectivity index (χ3v) is 3.19. The molecule has 102 valence electrons. The van der Waals surface area contributed by atoms with Crippen LogP contribution in [0.2, 0.25) is 0 Å². The van der Waals surface area contributed by atoms with E-state index in [0.717, 1.165) is 4.47 Å². The molecule has 0 fully saturated rings. The number of halogens is 1. The van der Waals surface area contributed by atoms with E-state index in [4.69, 9.17) is 24.5 Å². The highest BCUT2D eigenvalue weighted by Crippen LogP contribution is 2.48. The molecule has 19 heavy (non-hydrogen) atoms. The number of anilines is 1. The molecular formula is C12H13BrN2O4. The predicted molar refractivity (Wildman–Crippen MR) is 73.7 cm³/mol. The smallest absolute Gasteiger partial charge is 0.222 e. The lowest BCUT2D eigenvalue weighted by atomic mass is 10.1. The zero-order valence-corrected chi connectivity index (χ0v) is 12.3. The highest BCUT2D eigenvalue weighted by atomic mass is 79.9. The molecular weight excluding hydrogens is 316 g/mol. The Morgan fingerprint density at radius 1 is 1.11 bits per heavy atom. The second-order valence-corrected chi connectivity index (χ2v) is 4.47. The van der Waals surface area contributed by atoms with E-state index in [1.54, 1.807) is 19.2 Å². The van der Waals surface area contributed by atoms with Crippen LogP contribution < -0.4 is 19.9 Å². The normalized spacial score (nSPS) is 10.3. The van der Waals surface area contributed by atoms with Crippen molar-refractivity contribution >= 4 is 21.8 Å². The van der Waals surface area contributed by atoms with Gasteiger partial charge in [-0.15, -0.1) is 0 Å². The highest BCUT2D eigenvalue weighted by Gasteiger charge is 2.22. The highest BCUT2D eigenvalue weighted by molar-refractivity contribution is 9.10. The van der Waals surface area contributed by atoms with Crippen molar-refractivity contribution < 1.29 is 18.7 Å². The second kappa shape index (κ2) is 5.40. The van der Waals surface area contributed by atoms with E-state index in [1.807, 2.05) is 0 Å². The quantitative estimate of drug-likeness (QED) is 0.929. The number of ether oxygens (including phenoxy) is 3. The standard InChI is InChI=1S/C12H13BrN2O4/c1-16-8-4-6(13)10(7-5-9(14)19-15-7)12(18-3)11(8)17-2/h4-5H,14H2,1-3H3. The molecule has 0 amide bonds. The minimum atomic E-state index is 0.221. The van der Waals surface area contributed by atoms with E-state index >= 15 is 0 Å². The molecule has 1 aromatic heterocycles. The largest absolute Gasteiger partial charge is 0.493 e. The van der Waals surface area contributed by atoms with E-state index < -0.39 is 0 Å². The van der Waals surface area contributed by atoms with E-state index in [1.165, 1.54) is 14.2 Å². The number of hydrogen-bond donors (Lipinski definition) is 1. The van der Waals surface area contributed by atoms with Crippen molar-refractivity contribution in [2.75, 3.05) is 27.1 Å². The number of methoxy groups -OCH3 is 3. The van der Waals surface area contributed by atoms with Crippen molar-refractivity contribution in [3.05, 3.63) is 16.6 Å². The molecule has 0 radical (unpaired) electrons. The van der Waals surface area contributed by atoms with Crippen LogP contribution in [0.1, 0.15) is 0 Å². The molecule has 2 rings (SSSR count). The summed E-state index contributed by atoms with van der Waals surface area (Å²) >= 11 is 3.45. The number of aromatic nitrogens is 1. The summed E-state index contributed by atoms with van der Waals surface area (Å²) in [5.74, 6) is 1.73. The van der Waals surface area contributed by atoms with Gasteiger partial charge in [-0.25, -0.2) is 0 Å². The summed E-state index contributed by atoms with van der Waals surface area (Å²) in [7, 11) is 4.63. The van der Waals surface area contributed by atoms with Gasteiger partial charge >= 0.3 is 0 Å². The van der Waals surface area contributed by atoms with Gasteiger partial charge in [0.15, 0.2) is 11.5 Å². The Balaban J connectivity index is 2.72. The Kier molecular flexibility index (Phi) is 3.84. The third-order valence-electron chi connectivity index (χ3n) is 2.57. The second-order valence-electron chi connectivity index (χ2n) is 3.62. The molecule has 0 saturated heterocycles. The molecule has 1 aromatic carbocycles. The Morgan fingerprint density at radius 3 is 2.26 bits per heavy atom. The molecule has 0 saturated carbocycles. The SMILES string of the molecule is COc1cc(Br)c(-c2cc(N)on2)c(OC)c1OC. The first-order chi connectivity index (χ1) is 9.12. The Labute approximate surface area is 118 Å². The van der Waals surface area contributed by atoms with Gasteiger partial charge in [0, 0.05) is 10.5 Å². The van der Waals surface area contributed by atoms with Crippen molar-refractivity contribution in [1.29, 1.82) is 0 Å². The van der Waals surface area contributed by atoms with E-state index in [-0.39, 0.29) is 5.88 Å². The molecule has 0 unspecified atom stereocenters. The van der Waals surface area contributed by atoms with Crippen LogP contribution in [0.3, 0.4) is 0 Å². The summed E-state index contributed by atoms with van der Waals surface area (Å²) in [6.07, 6.45) is 0. The van der Waals surface area contributed by atoms with Gasteiger partial charge in [0.1, 0.15) is 5.69 Å². The third kappa shape index (κ3) is 2.33. The number of nitrogens with two attached hydrogens (primary N) is 1. The van der Waals surface area contributed by atoms with Gasteiger partial charge in [0.2, 0.25) is 11.6 Å². The maximum absolute atomic E-state index is 5.54. The molecule has 2 N–H and O–H groups in total. The summed E-state index contributed by atoms with van der Waals surface area (Å²) < 4.78 is 21.6. The summed E-state index contributed by atoms with van der Waals surface area (Å²) in [5.41, 5.74) is 6.77. The Morgan fingerprint density at radius 2 is 1.79 bits per heavy atom. The minimum absolute atomic E-state index is 0.221. The molecule has 1 heterocycles. The monoisotopic (exact) mass is 328 g/mol. The predicted octanol–water partition coefficient (Wildman–Crippen LogP) is 2.71. The molecule has 0 atom stereocenters. The molecule has 0 bridgehead atoms. The first-order valence-corrected chi connectivity index (χ1v) is 6.12. The van der Waals surface area contributed by atoms with Gasteiger partial charge in [0.05, 0.1) is 26.9 Å². The number of hydrogen-bond acceptors (Lipinski definition) is 6. The van der Waals surface area contributed by atoms with Crippen LogP contribution in [0, 0.1) is 0 Å². The van der Waals surface area contributed by atoms with E-state index in [2.05, 4.69) is 21.1 Å². The van der Waals surface area contributed by atoms with Gasteiger partial charge in [0.25, 0.3) is 0 Å². The van der Waals surface area contributed by atoms with Crippen LogP contribution in [0.25, 0.3) is 11.3 Å². The molecule has 0 aliphatic heterocycles. The van der Waals surface area contributed by atoms with Gasteiger partial charge in [-0.05, 0) is 22.0 Å². The summed E-state index contributed by atoms with van der Waals surface area (Å²) in [6, 6.07) is 3.37. The molecule has 0 aliphatic carbocycles. The van der Waals surface area contributed by atoms with Crippen LogP contribution in [-0.4, -0.2) is 26.5 Å². The van der Waals surface area contributed by atoms with Crippen LogP contribution in [0.5, 0.6) is 17.2 Å². The summed E-state index contributed by atoms with van der Waals surface area (Å²) in [6.45, 7) is 0. The molecule has 7 heteroatoms. The lowest BCUT2D eigenvalue weighted by Gasteiger charge is -2.16. The van der Waals surface area contributed by atoms with E-state index in [9.17, 15) is 0 Å². The Hall–Kier alpha value is -1.89. The number of rotatable bonds is 4. The first-order valence-electron chi connectivity index (χ1n) is 5.33. The van der Waals surface area contributed by atoms with Crippen LogP contribution in [0.15, 0.2) is 21.1 Å². The average molecular weight is 329 g/mol. The van der Waals surface area contributed by atoms with Gasteiger partial charge < -0.3 is 24.5 Å². The fourth-order valence-electron chi connectivity index (χ4n) is 1.77. The molecule has 0 aliphatic rings. The van der Waals surface area contributed by atoms with Gasteiger partial charge in [-0.1, -0.05) is 5.16 Å². The van der Waals surface area contributed by atoms with Crippen molar-refractivity contribution in [3.63, 3.8) is 0 Å². The topological polar surface area (TPSA) is 79.7 Å². The fraction of sp³-hybridized carbons (Fsp3) is 0.250.